The Balaban J connectivity index is 2.98. The van der Waals surface area contributed by atoms with Gasteiger partial charge in [-0.05, 0) is 30.8 Å². The van der Waals surface area contributed by atoms with Gasteiger partial charge in [0.05, 0.1) is 0 Å². The van der Waals surface area contributed by atoms with Crippen molar-refractivity contribution in [1.29, 1.82) is 0 Å². The molecule has 1 aromatic rings. The van der Waals surface area contributed by atoms with Gasteiger partial charge in [0.15, 0.2) is 0 Å². The summed E-state index contributed by atoms with van der Waals surface area (Å²) >= 11 is 6.90. The quantitative estimate of drug-likeness (QED) is 0.842. The molecule has 1 rings (SSSR count). The molecule has 1 aromatic carbocycles. The van der Waals surface area contributed by atoms with Crippen LogP contribution in [-0.4, -0.2) is 7.05 Å². The van der Waals surface area contributed by atoms with E-state index >= 15 is 0 Å². The Labute approximate surface area is 102 Å². The van der Waals surface area contributed by atoms with Crippen molar-refractivity contribution in [3.05, 3.63) is 32.7 Å². The molecule has 1 unspecified atom stereocenters. The maximum Gasteiger partial charge on any atom is 0.0429 e. The first-order valence-corrected chi connectivity index (χ1v) is 5.82. The Morgan fingerprint density at radius 3 is 2.36 bits per heavy atom. The van der Waals surface area contributed by atoms with Crippen molar-refractivity contribution in [3.63, 3.8) is 0 Å². The lowest BCUT2D eigenvalue weighted by Gasteiger charge is -2.14. The van der Waals surface area contributed by atoms with Crippen LogP contribution in [0.3, 0.4) is 0 Å². The van der Waals surface area contributed by atoms with Crippen LogP contribution >= 0.6 is 31.9 Å². The van der Waals surface area contributed by atoms with Gasteiger partial charge < -0.3 is 5.32 Å². The fourth-order valence-corrected chi connectivity index (χ4v) is 2.61. The van der Waals surface area contributed by atoms with Crippen LogP contribution in [0.15, 0.2) is 27.1 Å². The Morgan fingerprint density at radius 1 is 1.36 bits per heavy atom. The van der Waals surface area contributed by atoms with Crippen molar-refractivity contribution in [1.82, 2.24) is 5.32 Å². The number of terminal acetylenes is 1. The number of hydrogen-bond donors (Lipinski definition) is 1. The van der Waals surface area contributed by atoms with Crippen molar-refractivity contribution >= 4 is 31.9 Å². The summed E-state index contributed by atoms with van der Waals surface area (Å²) in [5.41, 5.74) is 1.19. The zero-order chi connectivity index (χ0) is 10.6. The maximum atomic E-state index is 5.30. The summed E-state index contributed by atoms with van der Waals surface area (Å²) in [6, 6.07) is 6.37. The third kappa shape index (κ3) is 3.13. The fraction of sp³-hybridized carbons (Fsp3) is 0.273. The van der Waals surface area contributed by atoms with E-state index in [1.165, 1.54) is 5.56 Å². The van der Waals surface area contributed by atoms with Gasteiger partial charge in [-0.15, -0.1) is 12.3 Å². The summed E-state index contributed by atoms with van der Waals surface area (Å²) in [6.45, 7) is 0. The molecule has 0 saturated heterocycles. The first kappa shape index (κ1) is 11.8. The molecule has 0 aliphatic rings. The molecule has 14 heavy (non-hydrogen) atoms. The molecule has 0 spiro atoms. The third-order valence-corrected chi connectivity index (χ3v) is 2.87. The maximum absolute atomic E-state index is 5.30. The molecule has 0 aliphatic carbocycles. The minimum absolute atomic E-state index is 0.216. The second kappa shape index (κ2) is 5.55. The van der Waals surface area contributed by atoms with Crippen LogP contribution in [-0.2, 0) is 0 Å². The minimum atomic E-state index is 0.216. The van der Waals surface area contributed by atoms with E-state index in [1.807, 2.05) is 13.1 Å². The average molecular weight is 317 g/mol. The smallest absolute Gasteiger partial charge is 0.0429 e. The van der Waals surface area contributed by atoms with Gasteiger partial charge in [-0.1, -0.05) is 31.9 Å². The average Bonchev–Trinajstić information content (AvgIpc) is 2.12. The molecule has 0 fully saturated rings. The largest absolute Gasteiger partial charge is 0.312 e. The van der Waals surface area contributed by atoms with Gasteiger partial charge in [-0.3, -0.25) is 0 Å². The second-order valence-electron chi connectivity index (χ2n) is 2.95. The van der Waals surface area contributed by atoms with Crippen LogP contribution in [0.25, 0.3) is 0 Å². The molecule has 0 saturated carbocycles. The summed E-state index contributed by atoms with van der Waals surface area (Å²) in [4.78, 5) is 0. The van der Waals surface area contributed by atoms with E-state index in [4.69, 9.17) is 6.42 Å². The molecule has 74 valence electrons. The molecular formula is C11H11Br2N. The van der Waals surface area contributed by atoms with E-state index in [0.29, 0.717) is 6.42 Å². The van der Waals surface area contributed by atoms with E-state index in [0.717, 1.165) is 8.95 Å². The monoisotopic (exact) mass is 315 g/mol. The lowest BCUT2D eigenvalue weighted by molar-refractivity contribution is 0.611. The Hall–Kier alpha value is -0.300. The van der Waals surface area contributed by atoms with E-state index in [2.05, 4.69) is 55.2 Å². The number of rotatable bonds is 3. The molecule has 0 aliphatic heterocycles. The molecule has 1 atom stereocenters. The molecule has 0 aromatic heterocycles. The summed E-state index contributed by atoms with van der Waals surface area (Å²) in [5, 5.41) is 3.19. The SMILES string of the molecule is C#CCC(NC)c1cc(Br)cc(Br)c1. The van der Waals surface area contributed by atoms with E-state index in [-0.39, 0.29) is 6.04 Å². The first-order valence-electron chi connectivity index (χ1n) is 4.24. The molecule has 0 bridgehead atoms. The van der Waals surface area contributed by atoms with Crippen LogP contribution in [0.2, 0.25) is 0 Å². The van der Waals surface area contributed by atoms with Crippen LogP contribution < -0.4 is 5.32 Å². The zero-order valence-electron chi connectivity index (χ0n) is 7.85. The number of nitrogens with one attached hydrogen (secondary N) is 1. The predicted octanol–water partition coefficient (Wildman–Crippen LogP) is 3.50. The molecule has 1 N–H and O–H groups in total. The van der Waals surface area contributed by atoms with Gasteiger partial charge in [0.2, 0.25) is 0 Å². The number of benzene rings is 1. The lowest BCUT2D eigenvalue weighted by Crippen LogP contribution is -2.15. The van der Waals surface area contributed by atoms with Crippen molar-refractivity contribution in [3.8, 4) is 12.3 Å². The third-order valence-electron chi connectivity index (χ3n) is 1.96. The van der Waals surface area contributed by atoms with Crippen molar-refractivity contribution in [2.75, 3.05) is 7.05 Å². The number of hydrogen-bond acceptors (Lipinski definition) is 1. The van der Waals surface area contributed by atoms with Gasteiger partial charge in [-0.25, -0.2) is 0 Å². The molecule has 3 heteroatoms. The predicted molar refractivity (Wildman–Crippen MR) is 67.1 cm³/mol. The fourth-order valence-electron chi connectivity index (χ4n) is 1.28. The highest BCUT2D eigenvalue weighted by atomic mass is 79.9. The van der Waals surface area contributed by atoms with Crippen LogP contribution in [0.5, 0.6) is 0 Å². The second-order valence-corrected chi connectivity index (χ2v) is 4.78. The van der Waals surface area contributed by atoms with E-state index in [9.17, 15) is 0 Å². The van der Waals surface area contributed by atoms with Crippen LogP contribution in [0, 0.1) is 12.3 Å². The summed E-state index contributed by atoms with van der Waals surface area (Å²) < 4.78 is 2.11. The molecule has 0 heterocycles. The van der Waals surface area contributed by atoms with Gasteiger partial charge in [0.25, 0.3) is 0 Å². The van der Waals surface area contributed by atoms with Gasteiger partial charge >= 0.3 is 0 Å². The molecular weight excluding hydrogens is 306 g/mol. The Bertz CT molecular complexity index is 335. The first-order chi connectivity index (χ1) is 6.67. The Morgan fingerprint density at radius 2 is 1.93 bits per heavy atom. The van der Waals surface area contributed by atoms with Gasteiger partial charge in [0.1, 0.15) is 0 Å². The topological polar surface area (TPSA) is 12.0 Å². The number of halogens is 2. The molecule has 0 radical (unpaired) electrons. The molecule has 1 nitrogen and oxygen atoms in total. The van der Waals surface area contributed by atoms with Crippen LogP contribution in [0.4, 0.5) is 0 Å². The van der Waals surface area contributed by atoms with E-state index < -0.39 is 0 Å². The highest BCUT2D eigenvalue weighted by Gasteiger charge is 2.08. The van der Waals surface area contributed by atoms with Gasteiger partial charge in [-0.2, -0.15) is 0 Å². The normalized spacial score (nSPS) is 12.1. The van der Waals surface area contributed by atoms with Crippen molar-refractivity contribution in [2.24, 2.45) is 0 Å². The highest BCUT2D eigenvalue weighted by Crippen LogP contribution is 2.25. The Kier molecular flexibility index (Phi) is 4.67. The molecule has 0 amide bonds. The zero-order valence-corrected chi connectivity index (χ0v) is 11.0. The van der Waals surface area contributed by atoms with Crippen molar-refractivity contribution in [2.45, 2.75) is 12.5 Å². The lowest BCUT2D eigenvalue weighted by atomic mass is 10.0. The summed E-state index contributed by atoms with van der Waals surface area (Å²) in [7, 11) is 1.91. The van der Waals surface area contributed by atoms with Gasteiger partial charge in [0, 0.05) is 21.4 Å². The summed E-state index contributed by atoms with van der Waals surface area (Å²) in [6.07, 6.45) is 6.00. The van der Waals surface area contributed by atoms with E-state index in [1.54, 1.807) is 0 Å². The minimum Gasteiger partial charge on any atom is -0.312 e. The van der Waals surface area contributed by atoms with Crippen molar-refractivity contribution < 1.29 is 0 Å². The highest BCUT2D eigenvalue weighted by molar-refractivity contribution is 9.11. The standard InChI is InChI=1S/C11H11Br2N/c1-3-4-11(14-2)8-5-9(12)7-10(13)6-8/h1,5-7,11,14H,4H2,2H3. The summed E-state index contributed by atoms with van der Waals surface area (Å²) in [5.74, 6) is 2.66. The van der Waals surface area contributed by atoms with Crippen LogP contribution in [0.1, 0.15) is 18.0 Å².